The normalized spacial score (nSPS) is 14.3. The molecule has 148 valence electrons. The standard InChI is InChI=1S/C21H22FNO5/c22-17-12-18(23-21(26)27-13-14-7-3-1-4-8-14)16(20(24)25)11-19(17)28-15-9-5-2-6-10-15/h1,3-4,7-8,11-12,15H,2,5-6,9-10,13H2,(H,23,26)(H,24,25). The van der Waals surface area contributed by atoms with E-state index >= 15 is 0 Å². The van der Waals surface area contributed by atoms with E-state index in [0.717, 1.165) is 49.8 Å². The molecule has 0 aromatic heterocycles. The van der Waals surface area contributed by atoms with Crippen LogP contribution >= 0.6 is 0 Å². The molecule has 0 heterocycles. The zero-order chi connectivity index (χ0) is 19.9. The number of anilines is 1. The minimum absolute atomic E-state index is 0.0143. The van der Waals surface area contributed by atoms with E-state index in [4.69, 9.17) is 9.47 Å². The third-order valence-electron chi connectivity index (χ3n) is 4.60. The molecule has 0 bridgehead atoms. The smallest absolute Gasteiger partial charge is 0.411 e. The van der Waals surface area contributed by atoms with E-state index in [-0.39, 0.29) is 29.7 Å². The van der Waals surface area contributed by atoms with E-state index in [1.165, 1.54) is 0 Å². The summed E-state index contributed by atoms with van der Waals surface area (Å²) >= 11 is 0. The van der Waals surface area contributed by atoms with Crippen LogP contribution in [0.25, 0.3) is 0 Å². The van der Waals surface area contributed by atoms with Crippen LogP contribution in [0.1, 0.15) is 48.0 Å². The van der Waals surface area contributed by atoms with Gasteiger partial charge in [0, 0.05) is 6.07 Å². The summed E-state index contributed by atoms with van der Waals surface area (Å²) in [4.78, 5) is 23.6. The van der Waals surface area contributed by atoms with Gasteiger partial charge in [0.25, 0.3) is 0 Å². The maximum absolute atomic E-state index is 14.4. The molecular weight excluding hydrogens is 365 g/mol. The second kappa shape index (κ2) is 9.21. The first-order chi connectivity index (χ1) is 13.5. The number of carboxylic acid groups (broad SMARTS) is 1. The van der Waals surface area contributed by atoms with Gasteiger partial charge in [-0.25, -0.2) is 14.0 Å². The second-order valence-corrected chi connectivity index (χ2v) is 6.70. The molecule has 7 heteroatoms. The van der Waals surface area contributed by atoms with E-state index in [1.807, 2.05) is 6.07 Å². The van der Waals surface area contributed by atoms with Gasteiger partial charge >= 0.3 is 12.1 Å². The lowest BCUT2D eigenvalue weighted by atomic mass is 9.98. The van der Waals surface area contributed by atoms with Crippen molar-refractivity contribution in [3.63, 3.8) is 0 Å². The number of aromatic carboxylic acids is 1. The zero-order valence-corrected chi connectivity index (χ0v) is 15.3. The lowest BCUT2D eigenvalue weighted by molar-refractivity contribution is 0.0696. The third kappa shape index (κ3) is 5.22. The molecule has 2 aromatic rings. The number of halogens is 1. The average molecular weight is 387 g/mol. The highest BCUT2D eigenvalue weighted by atomic mass is 19.1. The molecule has 1 saturated carbocycles. The Morgan fingerprint density at radius 2 is 1.82 bits per heavy atom. The molecule has 2 N–H and O–H groups in total. The number of benzene rings is 2. The van der Waals surface area contributed by atoms with Gasteiger partial charge in [0.05, 0.1) is 17.4 Å². The van der Waals surface area contributed by atoms with Gasteiger partial charge in [-0.1, -0.05) is 36.8 Å². The van der Waals surface area contributed by atoms with Gasteiger partial charge in [-0.05, 0) is 37.3 Å². The van der Waals surface area contributed by atoms with Gasteiger partial charge in [-0.2, -0.15) is 0 Å². The Bertz CT molecular complexity index is 834. The number of amides is 1. The Hall–Kier alpha value is -3.09. The second-order valence-electron chi connectivity index (χ2n) is 6.70. The number of carboxylic acids is 1. The topological polar surface area (TPSA) is 84.9 Å². The SMILES string of the molecule is O=C(Nc1cc(F)c(OC2CCCCC2)cc1C(=O)O)OCc1ccccc1. The Balaban J connectivity index is 1.70. The average Bonchev–Trinajstić information content (AvgIpc) is 2.70. The lowest BCUT2D eigenvalue weighted by Crippen LogP contribution is -2.21. The summed E-state index contributed by atoms with van der Waals surface area (Å²) in [6.45, 7) is 0.0143. The highest BCUT2D eigenvalue weighted by Gasteiger charge is 2.21. The highest BCUT2D eigenvalue weighted by molar-refractivity contribution is 5.99. The molecule has 1 aliphatic rings. The number of carbonyl (C=O) groups is 2. The molecule has 3 rings (SSSR count). The predicted molar refractivity (Wildman–Crippen MR) is 101 cm³/mol. The van der Waals surface area contributed by atoms with Crippen LogP contribution in [0.4, 0.5) is 14.9 Å². The van der Waals surface area contributed by atoms with Crippen LogP contribution < -0.4 is 10.1 Å². The van der Waals surface area contributed by atoms with Gasteiger partial charge in [0.1, 0.15) is 6.61 Å². The van der Waals surface area contributed by atoms with Crippen LogP contribution in [0.3, 0.4) is 0 Å². The molecular formula is C21H22FNO5. The van der Waals surface area contributed by atoms with Crippen LogP contribution in [-0.2, 0) is 11.3 Å². The van der Waals surface area contributed by atoms with Crippen molar-refractivity contribution < 1.29 is 28.6 Å². The molecule has 2 aromatic carbocycles. The Labute approximate surface area is 162 Å². The molecule has 0 spiro atoms. The summed E-state index contributed by atoms with van der Waals surface area (Å²) in [7, 11) is 0. The predicted octanol–water partition coefficient (Wildman–Crippen LogP) is 4.98. The van der Waals surface area contributed by atoms with Crippen molar-refractivity contribution >= 4 is 17.7 Å². The maximum Gasteiger partial charge on any atom is 0.411 e. The number of nitrogens with one attached hydrogen (secondary N) is 1. The van der Waals surface area contributed by atoms with Crippen molar-refractivity contribution in [1.29, 1.82) is 0 Å². The van der Waals surface area contributed by atoms with Gasteiger partial charge < -0.3 is 14.6 Å². The Morgan fingerprint density at radius 1 is 1.11 bits per heavy atom. The van der Waals surface area contributed by atoms with E-state index < -0.39 is 17.9 Å². The van der Waals surface area contributed by atoms with E-state index in [2.05, 4.69) is 5.32 Å². The fraction of sp³-hybridized carbons (Fsp3) is 0.333. The van der Waals surface area contributed by atoms with Crippen LogP contribution in [-0.4, -0.2) is 23.3 Å². The maximum atomic E-state index is 14.4. The molecule has 1 aliphatic carbocycles. The number of carbonyl (C=O) groups excluding carboxylic acids is 1. The van der Waals surface area contributed by atoms with E-state index in [1.54, 1.807) is 24.3 Å². The summed E-state index contributed by atoms with van der Waals surface area (Å²) in [5, 5.41) is 11.7. The van der Waals surface area contributed by atoms with Gasteiger partial charge in [-0.3, -0.25) is 5.32 Å². The van der Waals surface area contributed by atoms with Crippen LogP contribution in [0, 0.1) is 5.82 Å². The molecule has 0 unspecified atom stereocenters. The quantitative estimate of drug-likeness (QED) is 0.730. The third-order valence-corrected chi connectivity index (χ3v) is 4.60. The molecule has 0 saturated heterocycles. The summed E-state index contributed by atoms with van der Waals surface area (Å²) in [6.07, 6.45) is 3.76. The van der Waals surface area contributed by atoms with Crippen LogP contribution in [0.15, 0.2) is 42.5 Å². The molecule has 0 atom stereocenters. The Morgan fingerprint density at radius 3 is 2.50 bits per heavy atom. The van der Waals surface area contributed by atoms with Crippen molar-refractivity contribution in [2.45, 2.75) is 44.8 Å². The van der Waals surface area contributed by atoms with Crippen molar-refractivity contribution in [1.82, 2.24) is 0 Å². The molecule has 6 nitrogen and oxygen atoms in total. The fourth-order valence-electron chi connectivity index (χ4n) is 3.16. The highest BCUT2D eigenvalue weighted by Crippen LogP contribution is 2.30. The summed E-state index contributed by atoms with van der Waals surface area (Å²) in [5.41, 5.74) is 0.335. The number of hydrogen-bond donors (Lipinski definition) is 2. The molecule has 1 amide bonds. The number of hydrogen-bond acceptors (Lipinski definition) is 4. The summed E-state index contributed by atoms with van der Waals surface area (Å²) in [5.74, 6) is -2.15. The van der Waals surface area contributed by atoms with Crippen molar-refractivity contribution in [3.05, 3.63) is 59.4 Å². The molecule has 0 aliphatic heterocycles. The first kappa shape index (κ1) is 19.7. The minimum Gasteiger partial charge on any atom is -0.487 e. The van der Waals surface area contributed by atoms with Crippen LogP contribution in [0.5, 0.6) is 5.75 Å². The van der Waals surface area contributed by atoms with Crippen molar-refractivity contribution in [2.24, 2.45) is 0 Å². The first-order valence-corrected chi connectivity index (χ1v) is 9.24. The van der Waals surface area contributed by atoms with Crippen molar-refractivity contribution in [2.75, 3.05) is 5.32 Å². The van der Waals surface area contributed by atoms with Crippen LogP contribution in [0.2, 0.25) is 0 Å². The first-order valence-electron chi connectivity index (χ1n) is 9.24. The Kier molecular flexibility index (Phi) is 6.47. The fourth-order valence-corrected chi connectivity index (χ4v) is 3.16. The van der Waals surface area contributed by atoms with Crippen molar-refractivity contribution in [3.8, 4) is 5.75 Å². The van der Waals surface area contributed by atoms with Gasteiger partial charge in [0.15, 0.2) is 11.6 Å². The largest absolute Gasteiger partial charge is 0.487 e. The zero-order valence-electron chi connectivity index (χ0n) is 15.3. The monoisotopic (exact) mass is 387 g/mol. The number of rotatable bonds is 6. The summed E-state index contributed by atoms with van der Waals surface area (Å²) < 4.78 is 25.2. The van der Waals surface area contributed by atoms with E-state index in [9.17, 15) is 19.1 Å². The summed E-state index contributed by atoms with van der Waals surface area (Å²) in [6, 6.07) is 11.1. The number of ether oxygens (including phenoxy) is 2. The van der Waals surface area contributed by atoms with Gasteiger partial charge in [0.2, 0.25) is 0 Å². The molecule has 28 heavy (non-hydrogen) atoms. The van der Waals surface area contributed by atoms with E-state index in [0.29, 0.717) is 0 Å². The molecule has 0 radical (unpaired) electrons. The minimum atomic E-state index is -1.30. The lowest BCUT2D eigenvalue weighted by Gasteiger charge is -2.23. The molecule has 1 fully saturated rings. The van der Waals surface area contributed by atoms with Gasteiger partial charge in [-0.15, -0.1) is 0 Å².